The topological polar surface area (TPSA) is 83.8 Å². The van der Waals surface area contributed by atoms with Gasteiger partial charge in [0, 0.05) is 19.0 Å². The van der Waals surface area contributed by atoms with E-state index in [2.05, 4.69) is 21.4 Å². The molecule has 102 valence electrons. The number of hydrogen-bond acceptors (Lipinski definition) is 3. The molecule has 0 aliphatic rings. The average molecular weight is 260 g/mol. The summed E-state index contributed by atoms with van der Waals surface area (Å²) in [5.41, 5.74) is 8.79. The first-order chi connectivity index (χ1) is 9.15. The maximum Gasteiger partial charge on any atom is 0.220 e. The predicted molar refractivity (Wildman–Crippen MR) is 75.7 cm³/mol. The van der Waals surface area contributed by atoms with Gasteiger partial charge in [-0.15, -0.1) is 0 Å². The summed E-state index contributed by atoms with van der Waals surface area (Å²) >= 11 is 0. The SMILES string of the molecule is CC(N)CCC(=O)NCCc1ccc2nc[nH]c2c1. The highest BCUT2D eigenvalue weighted by Crippen LogP contribution is 2.11. The maximum absolute atomic E-state index is 11.5. The lowest BCUT2D eigenvalue weighted by molar-refractivity contribution is -0.121. The van der Waals surface area contributed by atoms with E-state index in [0.717, 1.165) is 23.9 Å². The maximum atomic E-state index is 11.5. The molecule has 1 atom stereocenters. The molecular weight excluding hydrogens is 240 g/mol. The van der Waals surface area contributed by atoms with Crippen LogP contribution < -0.4 is 11.1 Å². The summed E-state index contributed by atoms with van der Waals surface area (Å²) in [6.45, 7) is 2.56. The van der Waals surface area contributed by atoms with Gasteiger partial charge >= 0.3 is 0 Å². The van der Waals surface area contributed by atoms with Crippen molar-refractivity contribution in [2.24, 2.45) is 5.73 Å². The predicted octanol–water partition coefficient (Wildman–Crippen LogP) is 1.35. The Hall–Kier alpha value is -1.88. The van der Waals surface area contributed by atoms with Crippen molar-refractivity contribution < 1.29 is 4.79 Å². The van der Waals surface area contributed by atoms with Crippen LogP contribution in [-0.2, 0) is 11.2 Å². The molecule has 5 heteroatoms. The van der Waals surface area contributed by atoms with E-state index in [9.17, 15) is 4.79 Å². The van der Waals surface area contributed by atoms with Crippen LogP contribution in [0.4, 0.5) is 0 Å². The number of aromatic amines is 1. The summed E-state index contributed by atoms with van der Waals surface area (Å²) < 4.78 is 0. The number of H-pyrrole nitrogens is 1. The van der Waals surface area contributed by atoms with E-state index in [1.807, 2.05) is 19.1 Å². The summed E-state index contributed by atoms with van der Waals surface area (Å²) in [7, 11) is 0. The van der Waals surface area contributed by atoms with E-state index < -0.39 is 0 Å². The number of hydrogen-bond donors (Lipinski definition) is 3. The number of carbonyl (C=O) groups is 1. The lowest BCUT2D eigenvalue weighted by Crippen LogP contribution is -2.27. The Balaban J connectivity index is 1.77. The molecule has 19 heavy (non-hydrogen) atoms. The van der Waals surface area contributed by atoms with Gasteiger partial charge in [0.05, 0.1) is 17.4 Å². The van der Waals surface area contributed by atoms with Gasteiger partial charge in [0.25, 0.3) is 0 Å². The second-order valence-electron chi connectivity index (χ2n) is 4.87. The lowest BCUT2D eigenvalue weighted by atomic mass is 10.1. The van der Waals surface area contributed by atoms with E-state index in [1.54, 1.807) is 6.33 Å². The molecule has 0 saturated heterocycles. The molecule has 1 aromatic heterocycles. The van der Waals surface area contributed by atoms with E-state index in [-0.39, 0.29) is 11.9 Å². The van der Waals surface area contributed by atoms with E-state index in [0.29, 0.717) is 13.0 Å². The third-order valence-electron chi connectivity index (χ3n) is 3.05. The molecule has 5 nitrogen and oxygen atoms in total. The van der Waals surface area contributed by atoms with Crippen LogP contribution in [0.2, 0.25) is 0 Å². The van der Waals surface area contributed by atoms with Crippen LogP contribution in [0.1, 0.15) is 25.3 Å². The third kappa shape index (κ3) is 4.06. The van der Waals surface area contributed by atoms with Crippen molar-refractivity contribution in [3.05, 3.63) is 30.1 Å². The van der Waals surface area contributed by atoms with Crippen molar-refractivity contribution >= 4 is 16.9 Å². The molecule has 1 aromatic carbocycles. The molecule has 1 unspecified atom stereocenters. The van der Waals surface area contributed by atoms with Crippen LogP contribution in [0.15, 0.2) is 24.5 Å². The minimum Gasteiger partial charge on any atom is -0.356 e. The molecule has 0 spiro atoms. The van der Waals surface area contributed by atoms with Crippen molar-refractivity contribution in [2.45, 2.75) is 32.2 Å². The summed E-state index contributed by atoms with van der Waals surface area (Å²) in [5, 5.41) is 2.91. The van der Waals surface area contributed by atoms with Crippen molar-refractivity contribution in [3.63, 3.8) is 0 Å². The molecule has 1 heterocycles. The number of nitrogens with zero attached hydrogens (tertiary/aromatic N) is 1. The minimum absolute atomic E-state index is 0.0694. The first-order valence-electron chi connectivity index (χ1n) is 6.59. The first-order valence-corrected chi connectivity index (χ1v) is 6.59. The molecule has 0 fully saturated rings. The number of rotatable bonds is 6. The van der Waals surface area contributed by atoms with E-state index in [4.69, 9.17) is 5.73 Å². The van der Waals surface area contributed by atoms with Crippen LogP contribution in [0.3, 0.4) is 0 Å². The summed E-state index contributed by atoms with van der Waals surface area (Å²) in [4.78, 5) is 18.8. The number of imidazole rings is 1. The Bertz CT molecular complexity index is 547. The molecule has 0 radical (unpaired) electrons. The Morgan fingerprint density at radius 2 is 2.37 bits per heavy atom. The largest absolute Gasteiger partial charge is 0.356 e. The summed E-state index contributed by atoms with van der Waals surface area (Å²) in [5.74, 6) is 0.0694. The zero-order chi connectivity index (χ0) is 13.7. The standard InChI is InChI=1S/C14H20N4O/c1-10(15)2-5-14(19)16-7-6-11-3-4-12-13(8-11)18-9-17-12/h3-4,8-10H,2,5-7,15H2,1H3,(H,16,19)(H,17,18). The van der Waals surface area contributed by atoms with Gasteiger partial charge in [-0.3, -0.25) is 4.79 Å². The number of nitrogens with one attached hydrogen (secondary N) is 2. The van der Waals surface area contributed by atoms with Crippen LogP contribution in [0.25, 0.3) is 11.0 Å². The highest BCUT2D eigenvalue weighted by molar-refractivity contribution is 5.76. The zero-order valence-corrected chi connectivity index (χ0v) is 11.1. The highest BCUT2D eigenvalue weighted by atomic mass is 16.1. The number of benzene rings is 1. The van der Waals surface area contributed by atoms with E-state index in [1.165, 1.54) is 5.56 Å². The van der Waals surface area contributed by atoms with Crippen molar-refractivity contribution in [2.75, 3.05) is 6.54 Å². The molecule has 0 bridgehead atoms. The third-order valence-corrected chi connectivity index (χ3v) is 3.05. The van der Waals surface area contributed by atoms with E-state index >= 15 is 0 Å². The molecular formula is C14H20N4O. The second-order valence-corrected chi connectivity index (χ2v) is 4.87. The monoisotopic (exact) mass is 260 g/mol. The van der Waals surface area contributed by atoms with Crippen LogP contribution >= 0.6 is 0 Å². The molecule has 0 aliphatic heterocycles. The summed E-state index contributed by atoms with van der Waals surface area (Å²) in [6, 6.07) is 6.17. The van der Waals surface area contributed by atoms with Crippen molar-refractivity contribution in [1.82, 2.24) is 15.3 Å². The molecule has 2 aromatic rings. The number of carbonyl (C=O) groups excluding carboxylic acids is 1. The normalized spacial score (nSPS) is 12.5. The van der Waals surface area contributed by atoms with Gasteiger partial charge in [-0.05, 0) is 37.5 Å². The van der Waals surface area contributed by atoms with Crippen LogP contribution in [-0.4, -0.2) is 28.5 Å². The Kier molecular flexibility index (Phi) is 4.52. The van der Waals surface area contributed by atoms with Gasteiger partial charge in [-0.2, -0.15) is 0 Å². The highest BCUT2D eigenvalue weighted by Gasteiger charge is 2.03. The number of nitrogens with two attached hydrogens (primary N) is 1. The summed E-state index contributed by atoms with van der Waals surface area (Å²) in [6.07, 6.45) is 3.73. The quantitative estimate of drug-likeness (QED) is 0.733. The smallest absolute Gasteiger partial charge is 0.220 e. The molecule has 2 rings (SSSR count). The molecule has 0 aliphatic carbocycles. The Morgan fingerprint density at radius 1 is 1.53 bits per heavy atom. The molecule has 0 saturated carbocycles. The van der Waals surface area contributed by atoms with Crippen LogP contribution in [0.5, 0.6) is 0 Å². The fraction of sp³-hybridized carbons (Fsp3) is 0.429. The molecule has 4 N–H and O–H groups in total. The molecule has 1 amide bonds. The van der Waals surface area contributed by atoms with Gasteiger partial charge in [0.15, 0.2) is 0 Å². The van der Waals surface area contributed by atoms with Gasteiger partial charge in [0.2, 0.25) is 5.91 Å². The fourth-order valence-corrected chi connectivity index (χ4v) is 1.93. The zero-order valence-electron chi connectivity index (χ0n) is 11.1. The first kappa shape index (κ1) is 13.5. The van der Waals surface area contributed by atoms with Crippen molar-refractivity contribution in [3.8, 4) is 0 Å². The fourth-order valence-electron chi connectivity index (χ4n) is 1.93. The lowest BCUT2D eigenvalue weighted by Gasteiger charge is -2.07. The van der Waals surface area contributed by atoms with Gasteiger partial charge in [-0.25, -0.2) is 4.98 Å². The Labute approximate surface area is 112 Å². The van der Waals surface area contributed by atoms with Gasteiger partial charge < -0.3 is 16.0 Å². The number of aromatic nitrogens is 2. The second kappa shape index (κ2) is 6.33. The van der Waals surface area contributed by atoms with Crippen LogP contribution in [0, 0.1) is 0 Å². The van der Waals surface area contributed by atoms with Crippen molar-refractivity contribution in [1.29, 1.82) is 0 Å². The van der Waals surface area contributed by atoms with Gasteiger partial charge in [-0.1, -0.05) is 6.07 Å². The van der Waals surface area contributed by atoms with Gasteiger partial charge in [0.1, 0.15) is 0 Å². The Morgan fingerprint density at radius 3 is 3.16 bits per heavy atom. The number of fused-ring (bicyclic) bond motifs is 1. The number of amides is 1. The minimum atomic E-state index is 0.0694. The average Bonchev–Trinajstić information content (AvgIpc) is 2.83.